The van der Waals surface area contributed by atoms with Crippen molar-refractivity contribution in [1.82, 2.24) is 0 Å². The summed E-state index contributed by atoms with van der Waals surface area (Å²) in [6, 6.07) is 0. The Bertz CT molecular complexity index is 316. The molecule has 0 saturated carbocycles. The van der Waals surface area contributed by atoms with Gasteiger partial charge >= 0.3 is 5.97 Å². The van der Waals surface area contributed by atoms with E-state index in [-0.39, 0.29) is 5.97 Å². The normalized spacial score (nSPS) is 12.0. The van der Waals surface area contributed by atoms with E-state index in [0.717, 1.165) is 6.42 Å². The van der Waals surface area contributed by atoms with Crippen molar-refractivity contribution in [3.05, 3.63) is 23.8 Å². The Balaban J connectivity index is 3.31. The fourth-order valence-electron chi connectivity index (χ4n) is 2.46. The van der Waals surface area contributed by atoms with Gasteiger partial charge in [0.25, 0.3) is 0 Å². The van der Waals surface area contributed by atoms with E-state index in [1.165, 1.54) is 77.7 Å². The molecule has 0 aromatic carbocycles. The third-order valence-corrected chi connectivity index (χ3v) is 3.96. The Labute approximate surface area is 138 Å². The molecule has 0 saturated heterocycles. The van der Waals surface area contributed by atoms with Crippen LogP contribution < -0.4 is 0 Å². The third-order valence-electron chi connectivity index (χ3n) is 3.96. The summed E-state index contributed by atoms with van der Waals surface area (Å²) < 4.78 is 4.64. The molecule has 2 heteroatoms. The molecule has 0 radical (unpaired) electrons. The molecule has 0 aromatic rings. The van der Waals surface area contributed by atoms with Gasteiger partial charge in [0.15, 0.2) is 0 Å². The zero-order valence-corrected chi connectivity index (χ0v) is 15.0. The second-order valence-electron chi connectivity index (χ2n) is 6.09. The monoisotopic (exact) mass is 308 g/mol. The maximum atomic E-state index is 11.2. The minimum Gasteiger partial charge on any atom is -0.466 e. The van der Waals surface area contributed by atoms with E-state index in [1.807, 2.05) is 12.2 Å². The topological polar surface area (TPSA) is 26.3 Å². The maximum absolute atomic E-state index is 11.2. The highest BCUT2D eigenvalue weighted by atomic mass is 16.5. The summed E-state index contributed by atoms with van der Waals surface area (Å²) in [5.74, 6) is -0.251. The Morgan fingerprint density at radius 2 is 1.36 bits per heavy atom. The van der Waals surface area contributed by atoms with Crippen molar-refractivity contribution in [1.29, 1.82) is 0 Å². The first-order valence-electron chi connectivity index (χ1n) is 9.14. The Kier molecular flexibility index (Phi) is 15.5. The summed E-state index contributed by atoms with van der Waals surface area (Å²) in [6.45, 7) is 4.05. The molecular weight excluding hydrogens is 272 g/mol. The van der Waals surface area contributed by atoms with Gasteiger partial charge in [-0.25, -0.2) is 4.79 Å². The number of esters is 1. The number of allylic oxidation sites excluding steroid dienone is 3. The van der Waals surface area contributed by atoms with Gasteiger partial charge in [-0.1, -0.05) is 89.4 Å². The first kappa shape index (κ1) is 20.9. The molecule has 128 valence electrons. The van der Waals surface area contributed by atoms with Gasteiger partial charge in [-0.2, -0.15) is 0 Å². The molecule has 0 atom stereocenters. The summed E-state index contributed by atoms with van der Waals surface area (Å²) in [7, 11) is 1.41. The van der Waals surface area contributed by atoms with E-state index in [0.29, 0.717) is 5.57 Å². The minimum atomic E-state index is -0.251. The van der Waals surface area contributed by atoms with Crippen molar-refractivity contribution in [3.63, 3.8) is 0 Å². The Hall–Kier alpha value is -1.05. The molecule has 0 unspecified atom stereocenters. The molecule has 0 rings (SSSR count). The number of carbonyl (C=O) groups is 1. The largest absolute Gasteiger partial charge is 0.466 e. The summed E-state index contributed by atoms with van der Waals surface area (Å²) in [6.07, 6.45) is 22.2. The number of hydrogen-bond donors (Lipinski definition) is 0. The lowest BCUT2D eigenvalue weighted by atomic mass is 10.1. The quantitative estimate of drug-likeness (QED) is 0.161. The predicted molar refractivity (Wildman–Crippen MR) is 96.0 cm³/mol. The maximum Gasteiger partial charge on any atom is 0.333 e. The fraction of sp³-hybridized carbons (Fsp3) is 0.750. The highest BCUT2D eigenvalue weighted by molar-refractivity contribution is 5.87. The van der Waals surface area contributed by atoms with Gasteiger partial charge in [0, 0.05) is 5.57 Å². The van der Waals surface area contributed by atoms with Crippen LogP contribution in [0.25, 0.3) is 0 Å². The van der Waals surface area contributed by atoms with Crippen molar-refractivity contribution in [3.8, 4) is 0 Å². The van der Waals surface area contributed by atoms with Crippen LogP contribution in [0.1, 0.15) is 90.9 Å². The van der Waals surface area contributed by atoms with E-state index in [9.17, 15) is 4.79 Å². The molecule has 0 amide bonds. The molecule has 2 nitrogen and oxygen atoms in total. The summed E-state index contributed by atoms with van der Waals surface area (Å²) in [4.78, 5) is 11.2. The second kappa shape index (κ2) is 16.3. The van der Waals surface area contributed by atoms with E-state index in [1.54, 1.807) is 6.92 Å². The zero-order valence-electron chi connectivity index (χ0n) is 15.0. The van der Waals surface area contributed by atoms with Gasteiger partial charge in [-0.05, 0) is 19.8 Å². The molecule has 0 fully saturated rings. The van der Waals surface area contributed by atoms with E-state index in [4.69, 9.17) is 0 Å². The Morgan fingerprint density at radius 3 is 1.86 bits per heavy atom. The molecule has 0 aliphatic carbocycles. The van der Waals surface area contributed by atoms with Crippen molar-refractivity contribution in [2.45, 2.75) is 90.9 Å². The lowest BCUT2D eigenvalue weighted by molar-refractivity contribution is -0.136. The average molecular weight is 309 g/mol. The number of methoxy groups -OCH3 is 1. The molecular formula is C20H36O2. The standard InChI is InChI=1S/C20H36O2/c1-4-5-6-7-8-9-10-11-12-13-14-15-16-17-18-19(2)20(21)22-3/h16-18H,4-15H2,1-3H3. The van der Waals surface area contributed by atoms with Crippen molar-refractivity contribution in [2.75, 3.05) is 7.11 Å². The molecule has 0 aromatic heterocycles. The molecule has 0 aliphatic heterocycles. The zero-order chi connectivity index (χ0) is 16.5. The predicted octanol–water partition coefficient (Wildman–Crippen LogP) is 6.36. The van der Waals surface area contributed by atoms with Crippen LogP contribution in [0.4, 0.5) is 0 Å². The molecule has 0 aliphatic rings. The Morgan fingerprint density at radius 1 is 0.864 bits per heavy atom. The van der Waals surface area contributed by atoms with Crippen LogP contribution in [-0.2, 0) is 9.53 Å². The molecule has 22 heavy (non-hydrogen) atoms. The van der Waals surface area contributed by atoms with Crippen LogP contribution >= 0.6 is 0 Å². The van der Waals surface area contributed by atoms with Crippen molar-refractivity contribution in [2.24, 2.45) is 0 Å². The molecule has 0 bridgehead atoms. The summed E-state index contributed by atoms with van der Waals surface area (Å²) in [5.41, 5.74) is 0.651. The van der Waals surface area contributed by atoms with Crippen LogP contribution in [0.5, 0.6) is 0 Å². The first-order valence-corrected chi connectivity index (χ1v) is 9.14. The smallest absolute Gasteiger partial charge is 0.333 e. The lowest BCUT2D eigenvalue weighted by Crippen LogP contribution is -2.00. The van der Waals surface area contributed by atoms with Gasteiger partial charge in [-0.3, -0.25) is 0 Å². The highest BCUT2D eigenvalue weighted by Gasteiger charge is 1.99. The SMILES string of the molecule is CCCCCCCCCCCCCC=CC=C(C)C(=O)OC. The van der Waals surface area contributed by atoms with E-state index < -0.39 is 0 Å². The van der Waals surface area contributed by atoms with Crippen LogP contribution in [0, 0.1) is 0 Å². The number of rotatable bonds is 14. The van der Waals surface area contributed by atoms with Crippen LogP contribution in [0.2, 0.25) is 0 Å². The summed E-state index contributed by atoms with van der Waals surface area (Å²) in [5, 5.41) is 0. The number of carbonyl (C=O) groups excluding carboxylic acids is 1. The van der Waals surface area contributed by atoms with Crippen LogP contribution in [0.3, 0.4) is 0 Å². The van der Waals surface area contributed by atoms with Gasteiger partial charge in [0.2, 0.25) is 0 Å². The lowest BCUT2D eigenvalue weighted by Gasteiger charge is -2.01. The second-order valence-corrected chi connectivity index (χ2v) is 6.09. The third kappa shape index (κ3) is 13.9. The van der Waals surface area contributed by atoms with Gasteiger partial charge < -0.3 is 4.74 Å². The van der Waals surface area contributed by atoms with E-state index in [2.05, 4.69) is 17.7 Å². The molecule has 0 heterocycles. The van der Waals surface area contributed by atoms with Gasteiger partial charge in [0.05, 0.1) is 7.11 Å². The van der Waals surface area contributed by atoms with Crippen molar-refractivity contribution < 1.29 is 9.53 Å². The number of ether oxygens (including phenoxy) is 1. The van der Waals surface area contributed by atoms with Crippen LogP contribution in [0.15, 0.2) is 23.8 Å². The van der Waals surface area contributed by atoms with E-state index >= 15 is 0 Å². The number of unbranched alkanes of at least 4 members (excludes halogenated alkanes) is 11. The molecule has 0 N–H and O–H groups in total. The fourth-order valence-corrected chi connectivity index (χ4v) is 2.46. The average Bonchev–Trinajstić information content (AvgIpc) is 2.54. The summed E-state index contributed by atoms with van der Waals surface area (Å²) >= 11 is 0. The minimum absolute atomic E-state index is 0.251. The molecule has 0 spiro atoms. The highest BCUT2D eigenvalue weighted by Crippen LogP contribution is 2.12. The van der Waals surface area contributed by atoms with Gasteiger partial charge in [-0.15, -0.1) is 0 Å². The van der Waals surface area contributed by atoms with Gasteiger partial charge in [0.1, 0.15) is 0 Å². The number of hydrogen-bond acceptors (Lipinski definition) is 2. The van der Waals surface area contributed by atoms with Crippen molar-refractivity contribution >= 4 is 5.97 Å². The first-order chi connectivity index (χ1) is 10.7. The van der Waals surface area contributed by atoms with Crippen LogP contribution in [-0.4, -0.2) is 13.1 Å².